The van der Waals surface area contributed by atoms with Crippen molar-refractivity contribution in [3.8, 4) is 11.5 Å². The van der Waals surface area contributed by atoms with Crippen molar-refractivity contribution in [3.05, 3.63) is 24.0 Å². The Morgan fingerprint density at radius 1 is 1.00 bits per heavy atom. The number of aryl methyl sites for hydroxylation is 1. The van der Waals surface area contributed by atoms with Crippen molar-refractivity contribution < 1.29 is 9.47 Å². The van der Waals surface area contributed by atoms with Gasteiger partial charge in [-0.05, 0) is 30.8 Å². The van der Waals surface area contributed by atoms with E-state index in [-0.39, 0.29) is 0 Å². The smallest absolute Gasteiger partial charge is 0.229 e. The zero-order chi connectivity index (χ0) is 15.4. The number of benzene rings is 1. The van der Waals surface area contributed by atoms with Gasteiger partial charge in [-0.1, -0.05) is 6.07 Å². The number of ether oxygens (including phenoxy) is 2. The summed E-state index contributed by atoms with van der Waals surface area (Å²) >= 11 is 1.40. The van der Waals surface area contributed by atoms with E-state index in [1.165, 1.54) is 11.8 Å². The first-order chi connectivity index (χ1) is 10.0. The second-order valence-electron chi connectivity index (χ2n) is 4.45. The quantitative estimate of drug-likeness (QED) is 0.840. The van der Waals surface area contributed by atoms with Crippen molar-refractivity contribution in [2.75, 3.05) is 33.2 Å². The lowest BCUT2D eigenvalue weighted by atomic mass is 10.3. The van der Waals surface area contributed by atoms with Gasteiger partial charge in [-0.2, -0.15) is 9.97 Å². The SMILES string of the molecule is COc1cccc(OC)c1Sc1nc(C)nc(N(C)C)n1. The molecule has 0 saturated heterocycles. The van der Waals surface area contributed by atoms with Crippen LogP contribution in [-0.4, -0.2) is 43.3 Å². The van der Waals surface area contributed by atoms with Crippen LogP contribution < -0.4 is 14.4 Å². The Morgan fingerprint density at radius 3 is 2.14 bits per heavy atom. The first-order valence-electron chi connectivity index (χ1n) is 6.34. The molecule has 7 heteroatoms. The summed E-state index contributed by atoms with van der Waals surface area (Å²) in [6, 6.07) is 5.64. The molecule has 0 N–H and O–H groups in total. The molecule has 0 fully saturated rings. The number of methoxy groups -OCH3 is 2. The van der Waals surface area contributed by atoms with Crippen molar-refractivity contribution >= 4 is 17.7 Å². The van der Waals surface area contributed by atoms with Crippen LogP contribution in [0.2, 0.25) is 0 Å². The van der Waals surface area contributed by atoms with Crippen molar-refractivity contribution in [1.29, 1.82) is 0 Å². The van der Waals surface area contributed by atoms with E-state index < -0.39 is 0 Å². The van der Waals surface area contributed by atoms with E-state index in [2.05, 4.69) is 15.0 Å². The monoisotopic (exact) mass is 306 g/mol. The molecule has 0 aliphatic rings. The first-order valence-corrected chi connectivity index (χ1v) is 7.15. The Bertz CT molecular complexity index is 612. The highest BCUT2D eigenvalue weighted by molar-refractivity contribution is 7.99. The maximum Gasteiger partial charge on any atom is 0.229 e. The number of anilines is 1. The van der Waals surface area contributed by atoms with E-state index in [1.54, 1.807) is 14.2 Å². The summed E-state index contributed by atoms with van der Waals surface area (Å²) in [5.74, 6) is 2.75. The van der Waals surface area contributed by atoms with Crippen LogP contribution in [0.15, 0.2) is 28.3 Å². The first kappa shape index (κ1) is 15.4. The number of hydrogen-bond acceptors (Lipinski definition) is 7. The minimum Gasteiger partial charge on any atom is -0.495 e. The minimum absolute atomic E-state index is 0.606. The van der Waals surface area contributed by atoms with Crippen molar-refractivity contribution in [1.82, 2.24) is 15.0 Å². The zero-order valence-corrected chi connectivity index (χ0v) is 13.6. The second-order valence-corrected chi connectivity index (χ2v) is 5.43. The molecule has 21 heavy (non-hydrogen) atoms. The van der Waals surface area contributed by atoms with Gasteiger partial charge in [0, 0.05) is 14.1 Å². The van der Waals surface area contributed by atoms with E-state index >= 15 is 0 Å². The molecule has 0 aliphatic heterocycles. The predicted molar refractivity (Wildman–Crippen MR) is 82.6 cm³/mol. The Morgan fingerprint density at radius 2 is 1.62 bits per heavy atom. The lowest BCUT2D eigenvalue weighted by molar-refractivity contribution is 0.376. The Hall–Kier alpha value is -2.02. The van der Waals surface area contributed by atoms with E-state index in [4.69, 9.17) is 9.47 Å². The van der Waals surface area contributed by atoms with E-state index in [0.29, 0.717) is 16.9 Å². The summed E-state index contributed by atoms with van der Waals surface area (Å²) in [6.07, 6.45) is 0. The molecule has 2 rings (SSSR count). The molecule has 0 aliphatic carbocycles. The zero-order valence-electron chi connectivity index (χ0n) is 12.7. The number of aromatic nitrogens is 3. The molecule has 112 valence electrons. The Balaban J connectivity index is 2.42. The fourth-order valence-corrected chi connectivity index (χ4v) is 2.69. The lowest BCUT2D eigenvalue weighted by Crippen LogP contribution is -2.14. The molecule has 0 saturated carbocycles. The van der Waals surface area contributed by atoms with Gasteiger partial charge >= 0.3 is 0 Å². The second kappa shape index (κ2) is 6.62. The maximum atomic E-state index is 5.39. The molecule has 0 radical (unpaired) electrons. The van der Waals surface area contributed by atoms with Gasteiger partial charge < -0.3 is 14.4 Å². The number of nitrogens with zero attached hydrogens (tertiary/aromatic N) is 4. The van der Waals surface area contributed by atoms with Gasteiger partial charge in [0.2, 0.25) is 5.95 Å². The summed E-state index contributed by atoms with van der Waals surface area (Å²) in [5.41, 5.74) is 0. The molecular weight excluding hydrogens is 288 g/mol. The molecule has 0 unspecified atom stereocenters. The summed E-state index contributed by atoms with van der Waals surface area (Å²) in [7, 11) is 7.05. The number of hydrogen-bond donors (Lipinski definition) is 0. The van der Waals surface area contributed by atoms with Crippen LogP contribution in [0.4, 0.5) is 5.95 Å². The number of rotatable bonds is 5. The van der Waals surface area contributed by atoms with Crippen LogP contribution in [0.3, 0.4) is 0 Å². The summed E-state index contributed by atoms with van der Waals surface area (Å²) in [4.78, 5) is 15.8. The van der Waals surface area contributed by atoms with Crippen LogP contribution in [0.25, 0.3) is 0 Å². The van der Waals surface area contributed by atoms with Crippen LogP contribution in [-0.2, 0) is 0 Å². The molecule has 1 heterocycles. The fraction of sp³-hybridized carbons (Fsp3) is 0.357. The highest BCUT2D eigenvalue weighted by Crippen LogP contribution is 2.40. The van der Waals surface area contributed by atoms with Gasteiger partial charge in [0.1, 0.15) is 17.3 Å². The molecule has 0 atom stereocenters. The molecular formula is C14H18N4O2S. The molecule has 1 aromatic heterocycles. The lowest BCUT2D eigenvalue weighted by Gasteiger charge is -2.14. The van der Waals surface area contributed by atoms with E-state index in [9.17, 15) is 0 Å². The fourth-order valence-electron chi connectivity index (χ4n) is 1.70. The molecule has 0 bridgehead atoms. The van der Waals surface area contributed by atoms with Gasteiger partial charge in [0.05, 0.1) is 19.1 Å². The van der Waals surface area contributed by atoms with E-state index in [1.807, 2.05) is 44.1 Å². The van der Waals surface area contributed by atoms with Crippen molar-refractivity contribution in [2.45, 2.75) is 17.0 Å². The van der Waals surface area contributed by atoms with Crippen LogP contribution in [0.5, 0.6) is 11.5 Å². The molecule has 6 nitrogen and oxygen atoms in total. The predicted octanol–water partition coefficient (Wildman–Crippen LogP) is 2.41. The average Bonchev–Trinajstić information content (AvgIpc) is 2.46. The molecule has 1 aromatic carbocycles. The standard InChI is InChI=1S/C14H18N4O2S/c1-9-15-13(18(2)3)17-14(16-9)21-12-10(19-4)7-6-8-11(12)20-5/h6-8H,1-5H3. The van der Waals surface area contributed by atoms with Gasteiger partial charge in [-0.15, -0.1) is 0 Å². The minimum atomic E-state index is 0.606. The summed E-state index contributed by atoms with van der Waals surface area (Å²) in [6.45, 7) is 1.85. The summed E-state index contributed by atoms with van der Waals surface area (Å²) in [5, 5.41) is 0.606. The highest BCUT2D eigenvalue weighted by Gasteiger charge is 2.15. The largest absolute Gasteiger partial charge is 0.495 e. The topological polar surface area (TPSA) is 60.4 Å². The van der Waals surface area contributed by atoms with Gasteiger partial charge in [0.15, 0.2) is 5.16 Å². The Kier molecular flexibility index (Phi) is 4.85. The normalized spacial score (nSPS) is 10.3. The van der Waals surface area contributed by atoms with Gasteiger partial charge in [0.25, 0.3) is 0 Å². The van der Waals surface area contributed by atoms with Crippen LogP contribution in [0, 0.1) is 6.92 Å². The Labute approximate surface area is 128 Å². The molecule has 0 amide bonds. The maximum absolute atomic E-state index is 5.39. The molecule has 2 aromatic rings. The van der Waals surface area contributed by atoms with Gasteiger partial charge in [-0.25, -0.2) is 4.98 Å². The van der Waals surface area contributed by atoms with Gasteiger partial charge in [-0.3, -0.25) is 0 Å². The van der Waals surface area contributed by atoms with Crippen molar-refractivity contribution in [2.24, 2.45) is 0 Å². The van der Waals surface area contributed by atoms with Crippen LogP contribution >= 0.6 is 11.8 Å². The highest BCUT2D eigenvalue weighted by atomic mass is 32.2. The van der Waals surface area contributed by atoms with Crippen LogP contribution in [0.1, 0.15) is 5.82 Å². The third kappa shape index (κ3) is 3.55. The van der Waals surface area contributed by atoms with Crippen molar-refractivity contribution in [3.63, 3.8) is 0 Å². The molecule has 0 spiro atoms. The van der Waals surface area contributed by atoms with E-state index in [0.717, 1.165) is 16.4 Å². The summed E-state index contributed by atoms with van der Waals surface area (Å²) < 4.78 is 10.8. The third-order valence-electron chi connectivity index (χ3n) is 2.69. The third-order valence-corrected chi connectivity index (χ3v) is 3.66. The average molecular weight is 306 g/mol.